The number of aliphatic carboxylic acids is 1. The fourth-order valence-corrected chi connectivity index (χ4v) is 1.49. The predicted octanol–water partition coefficient (Wildman–Crippen LogP) is 0.880. The van der Waals surface area contributed by atoms with Crippen molar-refractivity contribution < 1.29 is 28.6 Å². The molecule has 0 saturated heterocycles. The quantitative estimate of drug-likeness (QED) is 0.782. The number of carbonyl (C=O) groups excluding carboxylic acids is 2. The van der Waals surface area contributed by atoms with Crippen LogP contribution < -0.4 is 5.32 Å². The first-order chi connectivity index (χ1) is 9.35. The third kappa shape index (κ3) is 4.04. The first-order valence-corrected chi connectivity index (χ1v) is 5.71. The van der Waals surface area contributed by atoms with Gasteiger partial charge in [-0.3, -0.25) is 9.59 Å². The van der Waals surface area contributed by atoms with Gasteiger partial charge in [-0.15, -0.1) is 0 Å². The van der Waals surface area contributed by atoms with E-state index in [0.29, 0.717) is 5.56 Å². The zero-order chi connectivity index (χ0) is 15.3. The first kappa shape index (κ1) is 15.6. The SMILES string of the molecule is COC(=O)C[C@H](NC(=O)c1ccc(C)cc1F)C(=O)O. The van der Waals surface area contributed by atoms with Crippen LogP contribution in [0.2, 0.25) is 0 Å². The maximum Gasteiger partial charge on any atom is 0.326 e. The van der Waals surface area contributed by atoms with E-state index in [1.54, 1.807) is 6.92 Å². The van der Waals surface area contributed by atoms with Crippen LogP contribution >= 0.6 is 0 Å². The molecule has 0 aliphatic rings. The van der Waals surface area contributed by atoms with E-state index in [0.717, 1.165) is 13.2 Å². The molecule has 2 N–H and O–H groups in total. The van der Waals surface area contributed by atoms with Crippen molar-refractivity contribution in [3.63, 3.8) is 0 Å². The maximum atomic E-state index is 13.6. The number of benzene rings is 1. The molecule has 0 aliphatic carbocycles. The Morgan fingerprint density at radius 1 is 1.40 bits per heavy atom. The van der Waals surface area contributed by atoms with Crippen molar-refractivity contribution in [3.8, 4) is 0 Å². The highest BCUT2D eigenvalue weighted by Crippen LogP contribution is 2.10. The average Bonchev–Trinajstić information content (AvgIpc) is 2.37. The van der Waals surface area contributed by atoms with Crippen LogP contribution in [0.1, 0.15) is 22.3 Å². The molecule has 1 amide bonds. The molecule has 1 atom stereocenters. The summed E-state index contributed by atoms with van der Waals surface area (Å²) >= 11 is 0. The van der Waals surface area contributed by atoms with Gasteiger partial charge in [0.15, 0.2) is 0 Å². The summed E-state index contributed by atoms with van der Waals surface area (Å²) < 4.78 is 17.9. The zero-order valence-corrected chi connectivity index (χ0v) is 11.0. The van der Waals surface area contributed by atoms with Crippen LogP contribution in [0.4, 0.5) is 4.39 Å². The molecule has 0 spiro atoms. The summed E-state index contributed by atoms with van der Waals surface area (Å²) in [4.78, 5) is 33.8. The number of ether oxygens (including phenoxy) is 1. The normalized spacial score (nSPS) is 11.6. The fourth-order valence-electron chi connectivity index (χ4n) is 1.49. The third-order valence-corrected chi connectivity index (χ3v) is 2.57. The lowest BCUT2D eigenvalue weighted by Gasteiger charge is -2.13. The summed E-state index contributed by atoms with van der Waals surface area (Å²) in [6, 6.07) is 2.45. The highest BCUT2D eigenvalue weighted by Gasteiger charge is 2.25. The van der Waals surface area contributed by atoms with Crippen molar-refractivity contribution in [2.75, 3.05) is 7.11 Å². The summed E-state index contributed by atoms with van der Waals surface area (Å²) in [5, 5.41) is 11.0. The van der Waals surface area contributed by atoms with E-state index in [1.165, 1.54) is 12.1 Å². The van der Waals surface area contributed by atoms with Gasteiger partial charge in [0.25, 0.3) is 5.91 Å². The number of rotatable bonds is 5. The Labute approximate surface area is 114 Å². The molecule has 0 saturated carbocycles. The Bertz CT molecular complexity index is 544. The number of carboxylic acid groups (broad SMARTS) is 1. The standard InChI is InChI=1S/C13H14FNO5/c1-7-3-4-8(9(14)5-7)12(17)15-10(13(18)19)6-11(16)20-2/h3-5,10H,6H2,1-2H3,(H,15,17)(H,18,19)/t10-/m0/s1. The fraction of sp³-hybridized carbons (Fsp3) is 0.308. The number of hydrogen-bond acceptors (Lipinski definition) is 4. The van der Waals surface area contributed by atoms with Gasteiger partial charge in [-0.2, -0.15) is 0 Å². The maximum absolute atomic E-state index is 13.6. The van der Waals surface area contributed by atoms with E-state index >= 15 is 0 Å². The summed E-state index contributed by atoms with van der Waals surface area (Å²) in [7, 11) is 1.10. The van der Waals surface area contributed by atoms with Crippen LogP contribution in [0.5, 0.6) is 0 Å². The summed E-state index contributed by atoms with van der Waals surface area (Å²) in [5.41, 5.74) is 0.343. The lowest BCUT2D eigenvalue weighted by Crippen LogP contribution is -2.42. The van der Waals surface area contributed by atoms with Crippen molar-refractivity contribution in [3.05, 3.63) is 35.1 Å². The minimum atomic E-state index is -1.48. The minimum absolute atomic E-state index is 0.285. The molecule has 1 rings (SSSR count). The Morgan fingerprint density at radius 2 is 2.05 bits per heavy atom. The molecule has 7 heteroatoms. The van der Waals surface area contributed by atoms with Gasteiger partial charge in [-0.1, -0.05) is 6.07 Å². The second kappa shape index (κ2) is 6.65. The number of nitrogens with one attached hydrogen (secondary N) is 1. The molecule has 0 bridgehead atoms. The van der Waals surface area contributed by atoms with Gasteiger partial charge in [-0.05, 0) is 24.6 Å². The predicted molar refractivity (Wildman–Crippen MR) is 66.7 cm³/mol. The van der Waals surface area contributed by atoms with Crippen molar-refractivity contribution in [2.24, 2.45) is 0 Å². The molecule has 0 heterocycles. The topological polar surface area (TPSA) is 92.7 Å². The second-order valence-corrected chi connectivity index (χ2v) is 4.13. The number of esters is 1. The Morgan fingerprint density at radius 3 is 2.55 bits per heavy atom. The summed E-state index contributed by atoms with van der Waals surface area (Å²) in [5.74, 6) is -3.86. The lowest BCUT2D eigenvalue weighted by molar-refractivity contribution is -0.147. The lowest BCUT2D eigenvalue weighted by atomic mass is 10.1. The van der Waals surface area contributed by atoms with Crippen LogP contribution in [0.15, 0.2) is 18.2 Å². The van der Waals surface area contributed by atoms with E-state index in [2.05, 4.69) is 10.1 Å². The molecule has 0 aliphatic heterocycles. The minimum Gasteiger partial charge on any atom is -0.480 e. The number of amides is 1. The molecule has 20 heavy (non-hydrogen) atoms. The van der Waals surface area contributed by atoms with Crippen molar-refractivity contribution in [2.45, 2.75) is 19.4 Å². The highest BCUT2D eigenvalue weighted by atomic mass is 19.1. The monoisotopic (exact) mass is 283 g/mol. The van der Waals surface area contributed by atoms with E-state index in [9.17, 15) is 18.8 Å². The second-order valence-electron chi connectivity index (χ2n) is 4.13. The van der Waals surface area contributed by atoms with Crippen LogP contribution in [0.3, 0.4) is 0 Å². The zero-order valence-electron chi connectivity index (χ0n) is 11.0. The Hall–Kier alpha value is -2.44. The highest BCUT2D eigenvalue weighted by molar-refractivity contribution is 5.97. The number of hydrogen-bond donors (Lipinski definition) is 2. The Balaban J connectivity index is 2.85. The van der Waals surface area contributed by atoms with Crippen molar-refractivity contribution in [1.82, 2.24) is 5.32 Å². The van der Waals surface area contributed by atoms with E-state index in [1.807, 2.05) is 0 Å². The van der Waals surface area contributed by atoms with E-state index < -0.39 is 36.1 Å². The van der Waals surface area contributed by atoms with E-state index in [4.69, 9.17) is 5.11 Å². The number of carbonyl (C=O) groups is 3. The van der Waals surface area contributed by atoms with Crippen LogP contribution in [0, 0.1) is 12.7 Å². The van der Waals surface area contributed by atoms with Crippen LogP contribution in [-0.4, -0.2) is 36.1 Å². The largest absolute Gasteiger partial charge is 0.480 e. The molecule has 108 valence electrons. The van der Waals surface area contributed by atoms with Gasteiger partial charge in [0.2, 0.25) is 0 Å². The molecule has 0 radical (unpaired) electrons. The van der Waals surface area contributed by atoms with Gasteiger partial charge < -0.3 is 15.2 Å². The Kier molecular flexibility index (Phi) is 5.19. The van der Waals surface area contributed by atoms with Crippen LogP contribution in [-0.2, 0) is 14.3 Å². The third-order valence-electron chi connectivity index (χ3n) is 2.57. The summed E-state index contributed by atoms with van der Waals surface area (Å²) in [6.45, 7) is 1.65. The average molecular weight is 283 g/mol. The molecular formula is C13H14FNO5. The molecule has 0 aromatic heterocycles. The molecule has 0 fully saturated rings. The number of methoxy groups -OCH3 is 1. The number of halogens is 1. The van der Waals surface area contributed by atoms with Gasteiger partial charge in [-0.25, -0.2) is 9.18 Å². The van der Waals surface area contributed by atoms with Crippen molar-refractivity contribution in [1.29, 1.82) is 0 Å². The van der Waals surface area contributed by atoms with Gasteiger partial charge in [0, 0.05) is 0 Å². The molecule has 1 aromatic rings. The van der Waals surface area contributed by atoms with Gasteiger partial charge >= 0.3 is 11.9 Å². The molecule has 0 unspecified atom stereocenters. The molecule has 1 aromatic carbocycles. The molecular weight excluding hydrogens is 269 g/mol. The van der Waals surface area contributed by atoms with Crippen molar-refractivity contribution >= 4 is 17.8 Å². The first-order valence-electron chi connectivity index (χ1n) is 5.71. The van der Waals surface area contributed by atoms with Crippen LogP contribution in [0.25, 0.3) is 0 Å². The number of aryl methyl sites for hydroxylation is 1. The van der Waals surface area contributed by atoms with Gasteiger partial charge in [0.1, 0.15) is 11.9 Å². The summed E-state index contributed by atoms with van der Waals surface area (Å²) in [6.07, 6.45) is -0.537. The molecule has 6 nitrogen and oxygen atoms in total. The van der Waals surface area contributed by atoms with Gasteiger partial charge in [0.05, 0.1) is 19.1 Å². The number of carboxylic acids is 1. The van der Waals surface area contributed by atoms with E-state index in [-0.39, 0.29) is 5.56 Å². The smallest absolute Gasteiger partial charge is 0.326 e.